The number of hydrogen-bond donors (Lipinski definition) is 1. The average molecular weight is 347 g/mol. The van der Waals surface area contributed by atoms with Crippen LogP contribution < -0.4 is 5.32 Å². The van der Waals surface area contributed by atoms with Crippen molar-refractivity contribution in [1.29, 1.82) is 0 Å². The summed E-state index contributed by atoms with van der Waals surface area (Å²) >= 11 is 0. The number of alkyl carbamates (subject to hydrolysis) is 1. The van der Waals surface area contributed by atoms with Crippen molar-refractivity contribution in [1.82, 2.24) is 5.32 Å². The van der Waals surface area contributed by atoms with Crippen molar-refractivity contribution in [3.8, 4) is 0 Å². The van der Waals surface area contributed by atoms with Crippen molar-refractivity contribution in [2.24, 2.45) is 0 Å². The summed E-state index contributed by atoms with van der Waals surface area (Å²) in [5.74, 6) is -0.502. The number of esters is 1. The molecule has 6 heteroatoms. The highest BCUT2D eigenvalue weighted by atomic mass is 16.6. The topological polar surface area (TPSA) is 81.7 Å². The van der Waals surface area contributed by atoms with Crippen molar-refractivity contribution < 1.29 is 23.9 Å². The van der Waals surface area contributed by atoms with Crippen LogP contribution >= 0.6 is 0 Å². The number of carbonyl (C=O) groups is 3. The summed E-state index contributed by atoms with van der Waals surface area (Å²) in [5.41, 5.74) is 0.924. The molecule has 1 rings (SSSR count). The molecule has 0 heterocycles. The molecule has 25 heavy (non-hydrogen) atoms. The van der Waals surface area contributed by atoms with Crippen LogP contribution in [-0.2, 0) is 14.3 Å². The molecular weight excluding hydrogens is 322 g/mol. The first-order chi connectivity index (χ1) is 11.7. The molecule has 1 amide bonds. The smallest absolute Gasteiger partial charge is 0.407 e. The van der Waals surface area contributed by atoms with E-state index in [-0.39, 0.29) is 18.6 Å². The Morgan fingerprint density at radius 2 is 1.72 bits per heavy atom. The number of methoxy groups -OCH3 is 1. The lowest BCUT2D eigenvalue weighted by Gasteiger charge is -2.19. The van der Waals surface area contributed by atoms with Gasteiger partial charge >= 0.3 is 12.1 Å². The van der Waals surface area contributed by atoms with Crippen molar-refractivity contribution in [2.75, 3.05) is 13.7 Å². The normalized spacial score (nSPS) is 11.2. The van der Waals surface area contributed by atoms with Gasteiger partial charge in [-0.05, 0) is 26.3 Å². The number of benzene rings is 1. The fraction of sp³-hybridized carbons (Fsp3) is 0.421. The minimum absolute atomic E-state index is 0.0767. The van der Waals surface area contributed by atoms with Crippen LogP contribution in [0, 0.1) is 0 Å². The molecule has 1 aromatic rings. The van der Waals surface area contributed by atoms with E-state index >= 15 is 0 Å². The van der Waals surface area contributed by atoms with Crippen molar-refractivity contribution >= 4 is 23.9 Å². The van der Waals surface area contributed by atoms with Gasteiger partial charge in [-0.15, -0.1) is 0 Å². The van der Waals surface area contributed by atoms with E-state index in [1.807, 2.05) is 6.08 Å². The molecule has 0 unspecified atom stereocenters. The Balaban J connectivity index is 2.44. The number of ketones is 1. The second-order valence-corrected chi connectivity index (χ2v) is 6.41. The molecule has 0 fully saturated rings. The Morgan fingerprint density at radius 1 is 1.08 bits per heavy atom. The van der Waals surface area contributed by atoms with Crippen LogP contribution in [-0.4, -0.2) is 37.1 Å². The number of rotatable bonds is 7. The largest absolute Gasteiger partial charge is 0.469 e. The van der Waals surface area contributed by atoms with Crippen molar-refractivity contribution in [3.05, 3.63) is 41.5 Å². The maximum absolute atomic E-state index is 11.9. The fourth-order valence-corrected chi connectivity index (χ4v) is 1.89. The fourth-order valence-electron chi connectivity index (χ4n) is 1.89. The van der Waals surface area contributed by atoms with Gasteiger partial charge in [0.25, 0.3) is 0 Å². The number of carbonyl (C=O) groups excluding carboxylic acids is 3. The molecule has 136 valence electrons. The predicted octanol–water partition coefficient (Wildman–Crippen LogP) is 3.36. The van der Waals surface area contributed by atoms with Crippen LogP contribution in [0.4, 0.5) is 4.79 Å². The molecule has 1 N–H and O–H groups in total. The minimum Gasteiger partial charge on any atom is -0.469 e. The molecule has 0 saturated heterocycles. The maximum Gasteiger partial charge on any atom is 0.407 e. The second kappa shape index (κ2) is 9.61. The standard InChI is InChI=1S/C19H25NO5/c1-19(2,3)25-18(23)20-13-5-6-14-7-9-15(10-8-14)16(21)11-12-17(22)24-4/h5-10H,11-13H2,1-4H3,(H,20,23). The average Bonchev–Trinajstić information content (AvgIpc) is 2.55. The van der Waals surface area contributed by atoms with E-state index in [9.17, 15) is 14.4 Å². The summed E-state index contributed by atoms with van der Waals surface area (Å²) in [6, 6.07) is 7.02. The summed E-state index contributed by atoms with van der Waals surface area (Å²) < 4.78 is 9.64. The lowest BCUT2D eigenvalue weighted by Crippen LogP contribution is -2.32. The lowest BCUT2D eigenvalue weighted by molar-refractivity contribution is -0.140. The Hall–Kier alpha value is -2.63. The van der Waals surface area contributed by atoms with Crippen LogP contribution in [0.1, 0.15) is 49.5 Å². The molecule has 0 spiro atoms. The second-order valence-electron chi connectivity index (χ2n) is 6.41. The van der Waals surface area contributed by atoms with E-state index in [0.29, 0.717) is 12.1 Å². The zero-order valence-electron chi connectivity index (χ0n) is 15.1. The van der Waals surface area contributed by atoms with Crippen LogP contribution in [0.3, 0.4) is 0 Å². The molecule has 1 aromatic carbocycles. The van der Waals surface area contributed by atoms with E-state index in [1.165, 1.54) is 7.11 Å². The molecule has 0 atom stereocenters. The summed E-state index contributed by atoms with van der Waals surface area (Å²) in [4.78, 5) is 34.5. The molecule has 0 radical (unpaired) electrons. The highest BCUT2D eigenvalue weighted by Crippen LogP contribution is 2.10. The molecule has 0 bridgehead atoms. The lowest BCUT2D eigenvalue weighted by atomic mass is 10.0. The number of nitrogens with one attached hydrogen (secondary N) is 1. The molecule has 0 aliphatic carbocycles. The van der Waals surface area contributed by atoms with Gasteiger partial charge < -0.3 is 14.8 Å². The van der Waals surface area contributed by atoms with Gasteiger partial charge in [-0.25, -0.2) is 4.79 Å². The zero-order chi connectivity index (χ0) is 18.9. The number of ether oxygens (including phenoxy) is 2. The molecule has 0 aliphatic heterocycles. The molecular formula is C19H25NO5. The Morgan fingerprint density at radius 3 is 2.28 bits per heavy atom. The number of Topliss-reactive ketones (excluding diaryl/α,β-unsaturated/α-hetero) is 1. The monoisotopic (exact) mass is 347 g/mol. The third kappa shape index (κ3) is 8.69. The SMILES string of the molecule is COC(=O)CCC(=O)c1ccc(C=CCNC(=O)OC(C)(C)C)cc1. The van der Waals surface area contributed by atoms with Crippen LogP contribution in [0.2, 0.25) is 0 Å². The Kier molecular flexibility index (Phi) is 7.85. The molecule has 0 aromatic heterocycles. The Labute approximate surface area is 148 Å². The first-order valence-electron chi connectivity index (χ1n) is 8.05. The summed E-state index contributed by atoms with van der Waals surface area (Å²) in [6.07, 6.45) is 3.36. The highest BCUT2D eigenvalue weighted by molar-refractivity contribution is 5.97. The van der Waals surface area contributed by atoms with Crippen molar-refractivity contribution in [3.63, 3.8) is 0 Å². The predicted molar refractivity (Wildman–Crippen MR) is 95.3 cm³/mol. The van der Waals surface area contributed by atoms with E-state index in [2.05, 4.69) is 10.1 Å². The third-order valence-electron chi connectivity index (χ3n) is 3.09. The first kappa shape index (κ1) is 20.4. The maximum atomic E-state index is 11.9. The van der Waals surface area contributed by atoms with E-state index < -0.39 is 17.7 Å². The van der Waals surface area contributed by atoms with Gasteiger partial charge in [-0.3, -0.25) is 9.59 Å². The van der Waals surface area contributed by atoms with Crippen molar-refractivity contribution in [2.45, 2.75) is 39.2 Å². The summed E-state index contributed by atoms with van der Waals surface area (Å²) in [7, 11) is 1.30. The van der Waals surface area contributed by atoms with Gasteiger partial charge in [0, 0.05) is 18.5 Å². The zero-order valence-corrected chi connectivity index (χ0v) is 15.1. The van der Waals surface area contributed by atoms with Gasteiger partial charge in [0.15, 0.2) is 5.78 Å². The van der Waals surface area contributed by atoms with E-state index in [1.54, 1.807) is 51.1 Å². The quantitative estimate of drug-likeness (QED) is 0.604. The van der Waals surface area contributed by atoms with Gasteiger partial charge in [0.1, 0.15) is 5.60 Å². The minimum atomic E-state index is -0.524. The van der Waals surface area contributed by atoms with E-state index in [4.69, 9.17) is 4.74 Å². The van der Waals surface area contributed by atoms with Crippen LogP contribution in [0.15, 0.2) is 30.3 Å². The van der Waals surface area contributed by atoms with Gasteiger partial charge in [-0.1, -0.05) is 36.4 Å². The highest BCUT2D eigenvalue weighted by Gasteiger charge is 2.15. The van der Waals surface area contributed by atoms with Crippen LogP contribution in [0.5, 0.6) is 0 Å². The third-order valence-corrected chi connectivity index (χ3v) is 3.09. The van der Waals surface area contributed by atoms with E-state index in [0.717, 1.165) is 5.56 Å². The molecule has 0 saturated carbocycles. The summed E-state index contributed by atoms with van der Waals surface area (Å²) in [6.45, 7) is 5.75. The Bertz CT molecular complexity index is 626. The molecule has 0 aliphatic rings. The van der Waals surface area contributed by atoms with Gasteiger partial charge in [0.05, 0.1) is 13.5 Å². The first-order valence-corrected chi connectivity index (χ1v) is 8.05. The summed E-state index contributed by atoms with van der Waals surface area (Å²) in [5, 5.41) is 2.63. The molecule has 6 nitrogen and oxygen atoms in total. The number of hydrogen-bond acceptors (Lipinski definition) is 5. The van der Waals surface area contributed by atoms with Crippen LogP contribution in [0.25, 0.3) is 6.08 Å². The van der Waals surface area contributed by atoms with Gasteiger partial charge in [0.2, 0.25) is 0 Å². The number of amides is 1. The van der Waals surface area contributed by atoms with Gasteiger partial charge in [-0.2, -0.15) is 0 Å².